The van der Waals surface area contributed by atoms with Crippen LogP contribution in [-0.4, -0.2) is 28.1 Å². The summed E-state index contributed by atoms with van der Waals surface area (Å²) in [5.74, 6) is -1.12. The predicted molar refractivity (Wildman–Crippen MR) is 82.0 cm³/mol. The summed E-state index contributed by atoms with van der Waals surface area (Å²) in [5.41, 5.74) is -0.641. The second-order valence-corrected chi connectivity index (χ2v) is 6.10. The number of nitrogens with one attached hydrogen (secondary N) is 1. The lowest BCUT2D eigenvalue weighted by molar-refractivity contribution is -0.123. The van der Waals surface area contributed by atoms with Crippen molar-refractivity contribution in [2.24, 2.45) is 0 Å². The molecule has 128 valence electrons. The Morgan fingerprint density at radius 1 is 1.38 bits per heavy atom. The summed E-state index contributed by atoms with van der Waals surface area (Å²) < 4.78 is 32.0. The Bertz CT molecular complexity index is 741. The number of hydrogen-bond donors (Lipinski definition) is 2. The van der Waals surface area contributed by atoms with E-state index in [4.69, 9.17) is 4.42 Å². The van der Waals surface area contributed by atoms with E-state index in [1.165, 1.54) is 12.3 Å². The molecule has 1 aliphatic carbocycles. The van der Waals surface area contributed by atoms with Gasteiger partial charge in [0, 0.05) is 25.5 Å². The predicted octanol–water partition coefficient (Wildman–Crippen LogP) is 2.58. The Morgan fingerprint density at radius 3 is 2.83 bits per heavy atom. The van der Waals surface area contributed by atoms with Crippen LogP contribution in [0.1, 0.15) is 31.6 Å². The molecule has 7 heteroatoms. The molecule has 1 fully saturated rings. The molecule has 5 nitrogen and oxygen atoms in total. The third-order valence-electron chi connectivity index (χ3n) is 4.21. The standard InChI is InChI=1S/C17H18F2N2O3/c18-11-2-3-12(13(19)8-11)14-9-20-16(24-14)5-4-15(22)21-10-17(23)6-1-7-17/h2-3,8-9,23H,1,4-7,10H2,(H,21,22). The Labute approximate surface area is 137 Å². The van der Waals surface area contributed by atoms with Gasteiger partial charge in [0.2, 0.25) is 5.91 Å². The minimum atomic E-state index is -0.758. The van der Waals surface area contributed by atoms with E-state index >= 15 is 0 Å². The van der Waals surface area contributed by atoms with Crippen LogP contribution >= 0.6 is 0 Å². The first kappa shape index (κ1) is 16.6. The first-order valence-corrected chi connectivity index (χ1v) is 7.84. The number of benzene rings is 1. The van der Waals surface area contributed by atoms with Crippen molar-refractivity contribution >= 4 is 5.91 Å². The summed E-state index contributed by atoms with van der Waals surface area (Å²) in [6, 6.07) is 3.19. The van der Waals surface area contributed by atoms with Gasteiger partial charge >= 0.3 is 0 Å². The highest BCUT2D eigenvalue weighted by molar-refractivity contribution is 5.76. The largest absolute Gasteiger partial charge is 0.441 e. The van der Waals surface area contributed by atoms with Crippen molar-refractivity contribution in [2.45, 2.75) is 37.7 Å². The molecule has 1 aromatic carbocycles. The first-order valence-electron chi connectivity index (χ1n) is 7.84. The van der Waals surface area contributed by atoms with Gasteiger partial charge in [-0.15, -0.1) is 0 Å². The topological polar surface area (TPSA) is 75.4 Å². The maximum Gasteiger partial charge on any atom is 0.220 e. The van der Waals surface area contributed by atoms with Gasteiger partial charge in [0.25, 0.3) is 0 Å². The van der Waals surface area contributed by atoms with Crippen LogP contribution < -0.4 is 5.32 Å². The monoisotopic (exact) mass is 336 g/mol. The van der Waals surface area contributed by atoms with Crippen LogP contribution in [0.3, 0.4) is 0 Å². The number of oxazole rings is 1. The van der Waals surface area contributed by atoms with Gasteiger partial charge in [-0.1, -0.05) is 0 Å². The van der Waals surface area contributed by atoms with Crippen LogP contribution in [0.25, 0.3) is 11.3 Å². The van der Waals surface area contributed by atoms with Crippen LogP contribution in [0.15, 0.2) is 28.8 Å². The zero-order valence-electron chi connectivity index (χ0n) is 13.0. The molecule has 0 saturated heterocycles. The number of aliphatic hydroxyl groups is 1. The Kier molecular flexibility index (Phi) is 4.62. The van der Waals surface area contributed by atoms with Crippen molar-refractivity contribution < 1.29 is 23.1 Å². The van der Waals surface area contributed by atoms with Crippen molar-refractivity contribution in [1.82, 2.24) is 10.3 Å². The van der Waals surface area contributed by atoms with E-state index in [1.807, 2.05) is 0 Å². The highest BCUT2D eigenvalue weighted by Gasteiger charge is 2.34. The number of aromatic nitrogens is 1. The molecule has 0 atom stereocenters. The summed E-state index contributed by atoms with van der Waals surface area (Å²) in [4.78, 5) is 15.8. The quantitative estimate of drug-likeness (QED) is 0.850. The second kappa shape index (κ2) is 6.68. The van der Waals surface area contributed by atoms with Crippen LogP contribution in [0.4, 0.5) is 8.78 Å². The molecule has 1 amide bonds. The second-order valence-electron chi connectivity index (χ2n) is 6.10. The first-order chi connectivity index (χ1) is 11.5. The van der Waals surface area contributed by atoms with Crippen LogP contribution in [0.2, 0.25) is 0 Å². The van der Waals surface area contributed by atoms with E-state index < -0.39 is 17.2 Å². The Morgan fingerprint density at radius 2 is 2.17 bits per heavy atom. The van der Waals surface area contributed by atoms with E-state index in [9.17, 15) is 18.7 Å². The van der Waals surface area contributed by atoms with Crippen LogP contribution in [0, 0.1) is 11.6 Å². The lowest BCUT2D eigenvalue weighted by Crippen LogP contribution is -2.47. The summed E-state index contributed by atoms with van der Waals surface area (Å²) in [7, 11) is 0. The number of carbonyl (C=O) groups excluding carboxylic acids is 1. The van der Waals surface area contributed by atoms with Crippen molar-refractivity contribution in [3.05, 3.63) is 41.9 Å². The van der Waals surface area contributed by atoms with Gasteiger partial charge in [-0.2, -0.15) is 0 Å². The fourth-order valence-electron chi connectivity index (χ4n) is 2.57. The van der Waals surface area contributed by atoms with Gasteiger partial charge in [0.1, 0.15) is 11.6 Å². The highest BCUT2D eigenvalue weighted by atomic mass is 19.1. The smallest absolute Gasteiger partial charge is 0.220 e. The normalized spacial score (nSPS) is 15.8. The van der Waals surface area contributed by atoms with E-state index in [0.717, 1.165) is 18.6 Å². The molecule has 2 aromatic rings. The van der Waals surface area contributed by atoms with Gasteiger partial charge in [-0.3, -0.25) is 4.79 Å². The van der Waals surface area contributed by atoms with Gasteiger partial charge in [0.15, 0.2) is 11.7 Å². The van der Waals surface area contributed by atoms with Crippen LogP contribution in [-0.2, 0) is 11.2 Å². The third kappa shape index (κ3) is 3.79. The lowest BCUT2D eigenvalue weighted by atomic mass is 9.80. The van der Waals surface area contributed by atoms with Gasteiger partial charge in [0.05, 0.1) is 17.4 Å². The van der Waals surface area contributed by atoms with Crippen LogP contribution in [0.5, 0.6) is 0 Å². The molecule has 1 heterocycles. The molecule has 3 rings (SSSR count). The third-order valence-corrected chi connectivity index (χ3v) is 4.21. The summed E-state index contributed by atoms with van der Waals surface area (Å²) in [5, 5.41) is 12.6. The average Bonchev–Trinajstić information content (AvgIpc) is 2.97. The fourth-order valence-corrected chi connectivity index (χ4v) is 2.57. The summed E-state index contributed by atoms with van der Waals surface area (Å²) >= 11 is 0. The maximum atomic E-state index is 13.7. The number of halogens is 2. The van der Waals surface area contributed by atoms with Gasteiger partial charge in [-0.05, 0) is 31.4 Å². The molecule has 2 N–H and O–H groups in total. The molecular formula is C17H18F2N2O3. The SMILES string of the molecule is O=C(CCc1ncc(-c2ccc(F)cc2F)o1)NCC1(O)CCC1. The van der Waals surface area contributed by atoms with E-state index in [0.29, 0.717) is 18.7 Å². The minimum Gasteiger partial charge on any atom is -0.441 e. The molecule has 0 bridgehead atoms. The van der Waals surface area contributed by atoms with Crippen molar-refractivity contribution in [3.8, 4) is 11.3 Å². The zero-order valence-corrected chi connectivity index (χ0v) is 13.0. The average molecular weight is 336 g/mol. The molecule has 24 heavy (non-hydrogen) atoms. The molecule has 1 saturated carbocycles. The maximum absolute atomic E-state index is 13.7. The Balaban J connectivity index is 1.53. The van der Waals surface area contributed by atoms with Crippen molar-refractivity contribution in [2.75, 3.05) is 6.54 Å². The molecular weight excluding hydrogens is 318 g/mol. The molecule has 0 aliphatic heterocycles. The van der Waals surface area contributed by atoms with Gasteiger partial charge in [-0.25, -0.2) is 13.8 Å². The molecule has 0 spiro atoms. The van der Waals surface area contributed by atoms with Gasteiger partial charge < -0.3 is 14.8 Å². The minimum absolute atomic E-state index is 0.117. The number of aryl methyl sites for hydroxylation is 1. The van der Waals surface area contributed by atoms with E-state index in [1.54, 1.807) is 0 Å². The molecule has 1 aliphatic rings. The number of carbonyl (C=O) groups is 1. The number of nitrogens with zero attached hydrogens (tertiary/aromatic N) is 1. The lowest BCUT2D eigenvalue weighted by Gasteiger charge is -2.36. The Hall–Kier alpha value is -2.28. The number of hydrogen-bond acceptors (Lipinski definition) is 4. The fraction of sp³-hybridized carbons (Fsp3) is 0.412. The van der Waals surface area contributed by atoms with E-state index in [-0.39, 0.29) is 36.6 Å². The molecule has 1 aromatic heterocycles. The van der Waals surface area contributed by atoms with Crippen molar-refractivity contribution in [1.29, 1.82) is 0 Å². The molecule has 0 unspecified atom stereocenters. The zero-order chi connectivity index (χ0) is 17.2. The number of rotatable bonds is 6. The highest BCUT2D eigenvalue weighted by Crippen LogP contribution is 2.30. The number of amides is 1. The van der Waals surface area contributed by atoms with E-state index in [2.05, 4.69) is 10.3 Å². The summed E-state index contributed by atoms with van der Waals surface area (Å²) in [6.45, 7) is 0.253. The van der Waals surface area contributed by atoms with Crippen molar-refractivity contribution in [3.63, 3.8) is 0 Å². The molecule has 0 radical (unpaired) electrons. The summed E-state index contributed by atoms with van der Waals surface area (Å²) in [6.07, 6.45) is 4.15.